The highest BCUT2D eigenvalue weighted by Gasteiger charge is 2.46. The number of esters is 1. The van der Waals surface area contributed by atoms with E-state index in [0.717, 1.165) is 6.07 Å². The monoisotopic (exact) mass is 637 g/mol. The third-order valence-electron chi connectivity index (χ3n) is 7.17. The first-order valence-corrected chi connectivity index (χ1v) is 13.2. The zero-order chi connectivity index (χ0) is 33.2. The number of carbonyl (C=O) groups is 5. The van der Waals surface area contributed by atoms with Gasteiger partial charge in [0.1, 0.15) is 49.2 Å². The van der Waals surface area contributed by atoms with Crippen molar-refractivity contribution in [3.8, 4) is 11.5 Å². The van der Waals surface area contributed by atoms with Crippen LogP contribution in [0.25, 0.3) is 0 Å². The predicted molar refractivity (Wildman–Crippen MR) is 143 cm³/mol. The van der Waals surface area contributed by atoms with E-state index in [1.165, 1.54) is 29.0 Å². The van der Waals surface area contributed by atoms with Crippen molar-refractivity contribution in [2.75, 3.05) is 6.61 Å². The lowest BCUT2D eigenvalue weighted by Gasteiger charge is -2.39. The van der Waals surface area contributed by atoms with Crippen molar-refractivity contribution in [1.29, 1.82) is 0 Å². The molecule has 0 spiro atoms. The van der Waals surface area contributed by atoms with Crippen molar-refractivity contribution in [2.24, 2.45) is 0 Å². The van der Waals surface area contributed by atoms with Crippen molar-refractivity contribution in [3.05, 3.63) is 41.1 Å². The Bertz CT molecular complexity index is 1500. The number of carboxylic acids is 4. The van der Waals surface area contributed by atoms with Gasteiger partial charge in [-0.2, -0.15) is 4.58 Å². The van der Waals surface area contributed by atoms with Gasteiger partial charge in [-0.1, -0.05) is 0 Å². The number of aliphatic hydroxyl groups excluding tert-OH is 3. The number of carboxylic acid groups (broad SMARTS) is 4. The molecule has 3 aliphatic heterocycles. The minimum Gasteiger partial charge on any atom is -0.504 e. The second kappa shape index (κ2) is 13.3. The molecule has 1 fully saturated rings. The largest absolute Gasteiger partial charge is 0.504 e. The molecule has 4 rings (SSSR count). The van der Waals surface area contributed by atoms with Crippen molar-refractivity contribution in [1.82, 2.24) is 5.32 Å². The second-order valence-corrected chi connectivity index (χ2v) is 10.3. The normalized spacial score (nSPS) is 29.3. The molecule has 18 nitrogen and oxygen atoms in total. The summed E-state index contributed by atoms with van der Waals surface area (Å²) in [5.74, 6) is -7.44. The van der Waals surface area contributed by atoms with Gasteiger partial charge in [0, 0.05) is 18.1 Å². The highest BCUT2D eigenvalue weighted by molar-refractivity contribution is 5.90. The standard InChI is InChI=1S/C27H28N2O16/c30-16-7-14-11(5-15(26(41)42)29(14)2-1-10-3-12(24(37)38)28-13(4-10)25(39)40)6-17(16)44-27-23(36)22(35)21(34)18(45-27)9-43-20(33)8-19(31)32/h1-3,6-7,13,15,18,21-23,27,34-36H,4-5,8-9H2,(H5,30,31,32,37,38,39,40,41,42)/p+1/t13-,15-,18+,21+,22-,23+,27+/m0/s1. The molecule has 9 N–H and O–H groups in total. The Morgan fingerprint density at radius 3 is 2.31 bits per heavy atom. The molecule has 0 amide bonds. The van der Waals surface area contributed by atoms with Crippen LogP contribution in [-0.4, -0.2) is 131 Å². The number of phenolic OH excluding ortho intramolecular Hbond substituents is 1. The zero-order valence-corrected chi connectivity index (χ0v) is 23.0. The van der Waals surface area contributed by atoms with Gasteiger partial charge < -0.3 is 60.4 Å². The minimum atomic E-state index is -1.87. The molecule has 3 heterocycles. The highest BCUT2D eigenvalue weighted by Crippen LogP contribution is 2.40. The molecular weight excluding hydrogens is 608 g/mol. The number of ether oxygens (including phenoxy) is 3. The first-order chi connectivity index (χ1) is 21.2. The fourth-order valence-electron chi connectivity index (χ4n) is 4.91. The Morgan fingerprint density at radius 1 is 0.978 bits per heavy atom. The van der Waals surface area contributed by atoms with Gasteiger partial charge in [0.05, 0.1) is 12.5 Å². The average molecular weight is 638 g/mol. The Kier molecular flexibility index (Phi) is 9.72. The van der Waals surface area contributed by atoms with Crippen LogP contribution in [0.4, 0.5) is 5.69 Å². The highest BCUT2D eigenvalue weighted by atomic mass is 16.7. The van der Waals surface area contributed by atoms with Crippen LogP contribution in [0.2, 0.25) is 0 Å². The molecule has 0 radical (unpaired) electrons. The number of phenols is 1. The van der Waals surface area contributed by atoms with E-state index in [1.807, 2.05) is 0 Å². The molecule has 45 heavy (non-hydrogen) atoms. The molecule has 0 unspecified atom stereocenters. The topological polar surface area (TPSA) is 290 Å². The van der Waals surface area contributed by atoms with Gasteiger partial charge in [-0.05, 0) is 17.7 Å². The van der Waals surface area contributed by atoms with Crippen LogP contribution in [-0.2, 0) is 39.9 Å². The number of aliphatic hydroxyl groups is 3. The van der Waals surface area contributed by atoms with Crippen molar-refractivity contribution in [2.45, 2.75) is 62.1 Å². The lowest BCUT2D eigenvalue weighted by atomic mass is 9.99. The quantitative estimate of drug-likeness (QED) is 0.0738. The third kappa shape index (κ3) is 7.37. The van der Waals surface area contributed by atoms with Crippen molar-refractivity contribution >= 4 is 41.7 Å². The van der Waals surface area contributed by atoms with Gasteiger partial charge >= 0.3 is 29.8 Å². The smallest absolute Gasteiger partial charge is 0.373 e. The summed E-state index contributed by atoms with van der Waals surface area (Å²) in [6.45, 7) is -0.708. The minimum absolute atomic E-state index is 0.108. The lowest BCUT2D eigenvalue weighted by molar-refractivity contribution is -0.456. The van der Waals surface area contributed by atoms with Gasteiger partial charge in [-0.15, -0.1) is 0 Å². The first kappa shape index (κ1) is 32.9. The van der Waals surface area contributed by atoms with Gasteiger partial charge in [0.2, 0.25) is 12.0 Å². The van der Waals surface area contributed by atoms with Gasteiger partial charge in [-0.3, -0.25) is 9.59 Å². The fraction of sp³-hybridized carbons (Fsp3) is 0.407. The van der Waals surface area contributed by atoms with Crippen LogP contribution in [0.1, 0.15) is 18.4 Å². The van der Waals surface area contributed by atoms with E-state index >= 15 is 0 Å². The fourth-order valence-corrected chi connectivity index (χ4v) is 4.91. The summed E-state index contributed by atoms with van der Waals surface area (Å²) in [5.41, 5.74) is 0.451. The number of hydrogen-bond donors (Lipinski definition) is 9. The van der Waals surface area contributed by atoms with Crippen LogP contribution in [0.5, 0.6) is 11.5 Å². The van der Waals surface area contributed by atoms with Crippen LogP contribution >= 0.6 is 0 Å². The molecule has 0 aromatic heterocycles. The van der Waals surface area contributed by atoms with Gasteiger partial charge in [0.25, 0.3) is 6.04 Å². The maximum Gasteiger partial charge on any atom is 0.373 e. The Balaban J connectivity index is 1.59. The van der Waals surface area contributed by atoms with Crippen molar-refractivity contribution < 1.29 is 83.6 Å². The summed E-state index contributed by atoms with van der Waals surface area (Å²) in [7, 11) is 0. The van der Waals surface area contributed by atoms with E-state index in [9.17, 15) is 59.7 Å². The number of nitrogens with one attached hydrogen (secondary N) is 1. The lowest BCUT2D eigenvalue weighted by Crippen LogP contribution is -2.60. The summed E-state index contributed by atoms with van der Waals surface area (Å²) in [6.07, 6.45) is -6.04. The van der Waals surface area contributed by atoms with E-state index in [-0.39, 0.29) is 35.5 Å². The van der Waals surface area contributed by atoms with E-state index in [2.05, 4.69) is 5.32 Å². The molecule has 1 aromatic carbocycles. The number of fused-ring (bicyclic) bond motifs is 1. The van der Waals surface area contributed by atoms with E-state index in [4.69, 9.17) is 19.3 Å². The number of nitrogens with zero attached hydrogens (tertiary/aromatic N) is 1. The summed E-state index contributed by atoms with van der Waals surface area (Å²) in [6, 6.07) is -0.0385. The average Bonchev–Trinajstić information content (AvgIpc) is 3.32. The van der Waals surface area contributed by atoms with E-state index < -0.39 is 91.4 Å². The molecule has 1 saturated heterocycles. The second-order valence-electron chi connectivity index (χ2n) is 10.3. The van der Waals surface area contributed by atoms with Crippen LogP contribution in [0, 0.1) is 0 Å². The molecule has 0 aliphatic carbocycles. The maximum atomic E-state index is 12.1. The molecule has 242 valence electrons. The van der Waals surface area contributed by atoms with E-state index in [1.54, 1.807) is 0 Å². The molecule has 1 aromatic rings. The Hall–Kier alpha value is -5.04. The van der Waals surface area contributed by atoms with Gasteiger partial charge in [-0.25, -0.2) is 14.4 Å². The molecule has 18 heteroatoms. The Labute approximate surface area is 252 Å². The number of carbonyl (C=O) groups excluding carboxylic acids is 1. The maximum absolute atomic E-state index is 12.1. The third-order valence-corrected chi connectivity index (χ3v) is 7.17. The number of aromatic hydroxyl groups is 1. The van der Waals surface area contributed by atoms with Crippen LogP contribution in [0.3, 0.4) is 0 Å². The molecule has 0 bridgehead atoms. The van der Waals surface area contributed by atoms with Crippen molar-refractivity contribution in [3.63, 3.8) is 0 Å². The molecule has 0 saturated carbocycles. The van der Waals surface area contributed by atoms with Crippen LogP contribution < -0.4 is 10.1 Å². The number of aliphatic carboxylic acids is 4. The molecule has 7 atom stereocenters. The number of allylic oxidation sites excluding steroid dienone is 2. The predicted octanol–water partition coefficient (Wildman–Crippen LogP) is -2.34. The number of rotatable bonds is 10. The molecular formula is C27H29N2O16+. The summed E-state index contributed by atoms with van der Waals surface area (Å²) < 4.78 is 17.0. The Morgan fingerprint density at radius 2 is 1.69 bits per heavy atom. The van der Waals surface area contributed by atoms with Gasteiger partial charge in [0.15, 0.2) is 17.7 Å². The SMILES string of the molecule is O=C(O)CC(=O)OC[C@H]1O[C@@H](Oc2cc3c(cc2O)[N+](=CC=C2C=C(C(=O)O)N[C@H](C(=O)O)C2)[C@H](C(=O)O)C3)[C@H](O)[C@@H](O)[C@@H]1O. The molecule has 3 aliphatic rings. The number of benzene rings is 1. The number of hydrogen-bond acceptors (Lipinski definition) is 13. The first-order valence-electron chi connectivity index (χ1n) is 13.2. The van der Waals surface area contributed by atoms with E-state index in [0.29, 0.717) is 5.56 Å². The summed E-state index contributed by atoms with van der Waals surface area (Å²) in [4.78, 5) is 57.2. The zero-order valence-electron chi connectivity index (χ0n) is 23.0. The summed E-state index contributed by atoms with van der Waals surface area (Å²) >= 11 is 0. The van der Waals surface area contributed by atoms with Crippen LogP contribution in [0.15, 0.2) is 35.6 Å². The summed E-state index contributed by atoms with van der Waals surface area (Å²) in [5, 5.41) is 81.2.